The Labute approximate surface area is 117 Å². The SMILES string of the molecule is O=c1[nH]c2ccc3[nH]c(=O)/c(=N\O)c(=O)c3c2c(=O)/c1=N/O. The van der Waals surface area contributed by atoms with Crippen LogP contribution in [0.1, 0.15) is 0 Å². The number of aromatic amines is 2. The first-order valence-corrected chi connectivity index (χ1v) is 5.82. The molecule has 10 nitrogen and oxygen atoms in total. The predicted octanol–water partition coefficient (Wildman–Crippen LogP) is -2.45. The lowest BCUT2D eigenvalue weighted by Gasteiger charge is -2.01. The van der Waals surface area contributed by atoms with E-state index in [0.29, 0.717) is 0 Å². The fourth-order valence-electron chi connectivity index (χ4n) is 2.27. The molecule has 0 saturated heterocycles. The highest BCUT2D eigenvalue weighted by atomic mass is 16.4. The molecule has 2 aromatic heterocycles. The van der Waals surface area contributed by atoms with Gasteiger partial charge >= 0.3 is 0 Å². The maximum absolute atomic E-state index is 12.2. The van der Waals surface area contributed by atoms with E-state index >= 15 is 0 Å². The number of benzene rings is 1. The predicted molar refractivity (Wildman–Crippen MR) is 72.3 cm³/mol. The summed E-state index contributed by atoms with van der Waals surface area (Å²) in [7, 11) is 0. The lowest BCUT2D eigenvalue weighted by molar-refractivity contribution is 0.300. The normalized spacial score (nSPS) is 13.3. The standard InChI is InChI=1S/C12H6N4O6/c17-9-5-3(13-11(19)7(9)15-21)1-2-4-6(5)10(18)8(16-22)12(20)14-4/h1-2,21-22H,(H,13,19)(H,14,20)/b15-7-,16-8-. The summed E-state index contributed by atoms with van der Waals surface area (Å²) in [5, 5.41) is 20.6. The second kappa shape index (κ2) is 4.48. The molecule has 1 aromatic carbocycles. The Bertz CT molecular complexity index is 1170. The van der Waals surface area contributed by atoms with Crippen LogP contribution >= 0.6 is 0 Å². The molecular weight excluding hydrogens is 296 g/mol. The van der Waals surface area contributed by atoms with Gasteiger partial charge in [0.2, 0.25) is 21.6 Å². The number of aromatic nitrogens is 2. The summed E-state index contributed by atoms with van der Waals surface area (Å²) in [6, 6.07) is 2.62. The molecule has 0 amide bonds. The van der Waals surface area contributed by atoms with E-state index in [1.165, 1.54) is 12.1 Å². The summed E-state index contributed by atoms with van der Waals surface area (Å²) in [6.45, 7) is 0. The van der Waals surface area contributed by atoms with Gasteiger partial charge in [-0.1, -0.05) is 10.3 Å². The highest BCUT2D eigenvalue weighted by molar-refractivity contribution is 6.04. The first-order chi connectivity index (χ1) is 10.5. The van der Waals surface area contributed by atoms with Gasteiger partial charge in [-0.3, -0.25) is 19.2 Å². The maximum atomic E-state index is 12.2. The van der Waals surface area contributed by atoms with Crippen molar-refractivity contribution >= 4 is 21.8 Å². The topological polar surface area (TPSA) is 165 Å². The number of nitrogens with one attached hydrogen (secondary N) is 2. The van der Waals surface area contributed by atoms with Gasteiger partial charge in [0.15, 0.2) is 0 Å². The van der Waals surface area contributed by atoms with Gasteiger partial charge in [0.05, 0.1) is 21.8 Å². The zero-order chi connectivity index (χ0) is 16.0. The Morgan fingerprint density at radius 3 is 1.41 bits per heavy atom. The number of pyridine rings is 2. The van der Waals surface area contributed by atoms with Crippen molar-refractivity contribution in [2.24, 2.45) is 10.3 Å². The highest BCUT2D eigenvalue weighted by Gasteiger charge is 2.14. The van der Waals surface area contributed by atoms with Crippen molar-refractivity contribution in [2.75, 3.05) is 0 Å². The first kappa shape index (κ1) is 13.4. The van der Waals surface area contributed by atoms with E-state index in [1.807, 2.05) is 0 Å². The molecule has 0 aliphatic heterocycles. The summed E-state index contributed by atoms with van der Waals surface area (Å²) in [5.74, 6) is 0. The van der Waals surface area contributed by atoms with Crippen LogP contribution in [0.15, 0.2) is 41.6 Å². The maximum Gasteiger partial charge on any atom is 0.281 e. The quantitative estimate of drug-likeness (QED) is 0.204. The third kappa shape index (κ3) is 1.60. The lowest BCUT2D eigenvalue weighted by atomic mass is 10.1. The molecule has 0 bridgehead atoms. The van der Waals surface area contributed by atoms with Gasteiger partial charge in [0.25, 0.3) is 11.1 Å². The van der Waals surface area contributed by atoms with Crippen molar-refractivity contribution in [1.29, 1.82) is 0 Å². The summed E-state index contributed by atoms with van der Waals surface area (Å²) < 4.78 is 0. The van der Waals surface area contributed by atoms with Crippen LogP contribution in [0.2, 0.25) is 0 Å². The van der Waals surface area contributed by atoms with E-state index in [9.17, 15) is 19.2 Å². The molecule has 0 unspecified atom stereocenters. The zero-order valence-corrected chi connectivity index (χ0v) is 10.6. The van der Waals surface area contributed by atoms with E-state index < -0.39 is 32.7 Å². The van der Waals surface area contributed by atoms with E-state index in [0.717, 1.165) is 0 Å². The zero-order valence-electron chi connectivity index (χ0n) is 10.6. The number of hydrogen-bond donors (Lipinski definition) is 4. The van der Waals surface area contributed by atoms with Crippen molar-refractivity contribution in [3.8, 4) is 0 Å². The van der Waals surface area contributed by atoms with E-state index in [2.05, 4.69) is 20.3 Å². The number of fused-ring (bicyclic) bond motifs is 3. The molecule has 3 rings (SSSR count). The smallest absolute Gasteiger partial charge is 0.281 e. The molecule has 0 spiro atoms. The van der Waals surface area contributed by atoms with Crippen LogP contribution in [0, 0.1) is 0 Å². The third-order valence-corrected chi connectivity index (χ3v) is 3.22. The summed E-state index contributed by atoms with van der Waals surface area (Å²) >= 11 is 0. The fraction of sp³-hybridized carbons (Fsp3) is 0. The van der Waals surface area contributed by atoms with Crippen LogP contribution < -0.4 is 32.7 Å². The monoisotopic (exact) mass is 302 g/mol. The number of rotatable bonds is 0. The largest absolute Gasteiger partial charge is 0.410 e. The Morgan fingerprint density at radius 2 is 1.09 bits per heavy atom. The highest BCUT2D eigenvalue weighted by Crippen LogP contribution is 2.13. The molecule has 4 N–H and O–H groups in total. The Kier molecular flexibility index (Phi) is 2.73. The Balaban J connectivity index is 2.87. The van der Waals surface area contributed by atoms with Gasteiger partial charge in [0, 0.05) is 0 Å². The lowest BCUT2D eigenvalue weighted by Crippen LogP contribution is -2.43. The fourth-order valence-corrected chi connectivity index (χ4v) is 2.27. The van der Waals surface area contributed by atoms with Crippen molar-refractivity contribution in [2.45, 2.75) is 0 Å². The van der Waals surface area contributed by atoms with Gasteiger partial charge in [-0.05, 0) is 12.1 Å². The van der Waals surface area contributed by atoms with Crippen LogP contribution in [-0.4, -0.2) is 20.4 Å². The molecule has 0 saturated carbocycles. The van der Waals surface area contributed by atoms with Gasteiger partial charge in [-0.2, -0.15) is 0 Å². The molecule has 10 heteroatoms. The molecule has 0 aliphatic rings. The molecule has 0 atom stereocenters. The minimum atomic E-state index is -0.986. The first-order valence-electron chi connectivity index (χ1n) is 5.82. The minimum absolute atomic E-state index is 0.0166. The van der Waals surface area contributed by atoms with E-state index in [-0.39, 0.29) is 21.8 Å². The second-order valence-electron chi connectivity index (χ2n) is 4.37. The molecule has 110 valence electrons. The van der Waals surface area contributed by atoms with Gasteiger partial charge in [0.1, 0.15) is 0 Å². The van der Waals surface area contributed by atoms with Crippen molar-refractivity contribution < 1.29 is 10.4 Å². The second-order valence-corrected chi connectivity index (χ2v) is 4.37. The molecular formula is C12H6N4O6. The van der Waals surface area contributed by atoms with Gasteiger partial charge in [-0.25, -0.2) is 0 Å². The third-order valence-electron chi connectivity index (χ3n) is 3.22. The summed E-state index contributed by atoms with van der Waals surface area (Å²) in [4.78, 5) is 52.2. The molecule has 2 heterocycles. The molecule has 0 aliphatic carbocycles. The average molecular weight is 302 g/mol. The average Bonchev–Trinajstić information content (AvgIpc) is 2.47. The number of hydrogen-bond acceptors (Lipinski definition) is 8. The van der Waals surface area contributed by atoms with E-state index in [4.69, 9.17) is 10.4 Å². The van der Waals surface area contributed by atoms with E-state index in [1.54, 1.807) is 0 Å². The Morgan fingerprint density at radius 1 is 0.727 bits per heavy atom. The van der Waals surface area contributed by atoms with Crippen LogP contribution in [0.3, 0.4) is 0 Å². The molecule has 3 aromatic rings. The summed E-state index contributed by atoms with van der Waals surface area (Å²) in [6.07, 6.45) is 0. The van der Waals surface area contributed by atoms with Crippen molar-refractivity contribution in [3.63, 3.8) is 0 Å². The Hall–Kier alpha value is -3.56. The van der Waals surface area contributed by atoms with Crippen LogP contribution in [0.25, 0.3) is 21.8 Å². The van der Waals surface area contributed by atoms with Crippen LogP contribution in [-0.2, 0) is 0 Å². The van der Waals surface area contributed by atoms with Gasteiger partial charge < -0.3 is 20.4 Å². The minimum Gasteiger partial charge on any atom is -0.410 e. The number of H-pyrrole nitrogens is 2. The van der Waals surface area contributed by atoms with Gasteiger partial charge in [-0.15, -0.1) is 0 Å². The van der Waals surface area contributed by atoms with Crippen LogP contribution in [0.4, 0.5) is 0 Å². The molecule has 0 radical (unpaired) electrons. The van der Waals surface area contributed by atoms with Crippen LogP contribution in [0.5, 0.6) is 0 Å². The molecule has 0 fully saturated rings. The van der Waals surface area contributed by atoms with Crippen molar-refractivity contribution in [1.82, 2.24) is 9.97 Å². The molecule has 22 heavy (non-hydrogen) atoms. The number of nitrogens with zero attached hydrogens (tertiary/aromatic N) is 2. The van der Waals surface area contributed by atoms with Crippen molar-refractivity contribution in [3.05, 3.63) is 64.0 Å². The summed E-state index contributed by atoms with van der Waals surface area (Å²) in [5.41, 5.74) is -3.79.